The smallest absolute Gasteiger partial charge is 0.270 e. The summed E-state index contributed by atoms with van der Waals surface area (Å²) in [6, 6.07) is 11.8. The number of non-ortho nitro benzene ring substituents is 1. The van der Waals surface area contributed by atoms with E-state index in [2.05, 4.69) is 10.3 Å². The van der Waals surface area contributed by atoms with Crippen LogP contribution in [0.4, 0.5) is 10.8 Å². The number of benzene rings is 2. The maximum Gasteiger partial charge on any atom is 0.270 e. The van der Waals surface area contributed by atoms with Crippen LogP contribution in [0.1, 0.15) is 12.0 Å². The monoisotopic (exact) mass is 361 g/mol. The number of nitro groups is 1. The molecule has 0 radical (unpaired) electrons. The van der Waals surface area contributed by atoms with Gasteiger partial charge in [0, 0.05) is 23.6 Å². The van der Waals surface area contributed by atoms with E-state index in [1.807, 2.05) is 18.2 Å². The molecule has 1 N–H and O–H groups in total. The molecule has 6 nitrogen and oxygen atoms in total. The molecule has 24 heavy (non-hydrogen) atoms. The van der Waals surface area contributed by atoms with E-state index in [0.29, 0.717) is 33.2 Å². The fraction of sp³-hybridized carbons (Fsp3) is 0.125. The summed E-state index contributed by atoms with van der Waals surface area (Å²) >= 11 is 7.13. The molecule has 0 bridgehead atoms. The lowest BCUT2D eigenvalue weighted by atomic mass is 10.1. The second kappa shape index (κ2) is 6.94. The van der Waals surface area contributed by atoms with Gasteiger partial charge in [-0.25, -0.2) is 4.98 Å². The van der Waals surface area contributed by atoms with Gasteiger partial charge in [0.05, 0.1) is 15.1 Å². The van der Waals surface area contributed by atoms with Gasteiger partial charge in [-0.3, -0.25) is 14.9 Å². The number of anilines is 1. The van der Waals surface area contributed by atoms with Crippen LogP contribution in [0, 0.1) is 10.1 Å². The number of aromatic nitrogens is 1. The highest BCUT2D eigenvalue weighted by Crippen LogP contribution is 2.29. The molecule has 8 heteroatoms. The number of nitrogens with one attached hydrogen (secondary N) is 1. The molecule has 1 amide bonds. The predicted molar refractivity (Wildman–Crippen MR) is 94.7 cm³/mol. The molecule has 1 aromatic heterocycles. The number of thiazole rings is 1. The molecule has 0 unspecified atom stereocenters. The zero-order valence-electron chi connectivity index (χ0n) is 12.4. The molecular weight excluding hydrogens is 350 g/mol. The molecule has 3 aromatic rings. The van der Waals surface area contributed by atoms with Crippen LogP contribution >= 0.6 is 22.9 Å². The highest BCUT2D eigenvalue weighted by atomic mass is 35.5. The van der Waals surface area contributed by atoms with Gasteiger partial charge in [0.1, 0.15) is 0 Å². The van der Waals surface area contributed by atoms with Crippen molar-refractivity contribution in [3.63, 3.8) is 0 Å². The molecule has 0 spiro atoms. The number of aryl methyl sites for hydroxylation is 1. The molecule has 2 aromatic carbocycles. The zero-order valence-corrected chi connectivity index (χ0v) is 13.9. The average molecular weight is 362 g/mol. The lowest BCUT2D eigenvalue weighted by Gasteiger charge is -2.02. The van der Waals surface area contributed by atoms with Gasteiger partial charge in [0.15, 0.2) is 5.13 Å². The Morgan fingerprint density at radius 2 is 2.12 bits per heavy atom. The second-order valence-corrected chi connectivity index (χ2v) is 6.57. The number of nitro benzene ring substituents is 1. The third-order valence-corrected chi connectivity index (χ3v) is 4.53. The number of hydrogen-bond acceptors (Lipinski definition) is 5. The molecule has 0 saturated heterocycles. The molecule has 0 aliphatic rings. The van der Waals surface area contributed by atoms with Crippen molar-refractivity contribution in [1.82, 2.24) is 4.98 Å². The number of fused-ring (bicyclic) bond motifs is 1. The highest BCUT2D eigenvalue weighted by Gasteiger charge is 2.12. The van der Waals surface area contributed by atoms with Gasteiger partial charge in [-0.2, -0.15) is 0 Å². The Labute approximate surface area is 146 Å². The van der Waals surface area contributed by atoms with E-state index in [1.54, 1.807) is 12.1 Å². The Bertz CT molecular complexity index is 926. The highest BCUT2D eigenvalue weighted by molar-refractivity contribution is 7.22. The molecule has 0 aliphatic carbocycles. The maximum atomic E-state index is 12.0. The summed E-state index contributed by atoms with van der Waals surface area (Å²) < 4.78 is 0.661. The standard InChI is InChI=1S/C16H12ClN3O3S/c17-11-3-1-2-10(8-11)4-7-15(21)19-16-18-13-6-5-12(20(22)23)9-14(13)24-16/h1-3,5-6,8-9H,4,7H2,(H,18,19,21). The fourth-order valence-corrected chi connectivity index (χ4v) is 3.34. The number of nitrogens with zero attached hydrogens (tertiary/aromatic N) is 2. The van der Waals surface area contributed by atoms with Crippen LogP contribution < -0.4 is 5.32 Å². The van der Waals surface area contributed by atoms with E-state index >= 15 is 0 Å². The second-order valence-electron chi connectivity index (χ2n) is 5.11. The molecule has 122 valence electrons. The Kier molecular flexibility index (Phi) is 4.73. The third-order valence-electron chi connectivity index (χ3n) is 3.36. The van der Waals surface area contributed by atoms with Gasteiger partial charge in [0.2, 0.25) is 5.91 Å². The van der Waals surface area contributed by atoms with Crippen molar-refractivity contribution in [2.24, 2.45) is 0 Å². The molecule has 0 fully saturated rings. The Hall–Kier alpha value is -2.51. The maximum absolute atomic E-state index is 12.0. The summed E-state index contributed by atoms with van der Waals surface area (Å²) in [6.07, 6.45) is 0.874. The minimum Gasteiger partial charge on any atom is -0.302 e. The first kappa shape index (κ1) is 16.4. The quantitative estimate of drug-likeness (QED) is 0.538. The first-order valence-electron chi connectivity index (χ1n) is 7.10. The molecular formula is C16H12ClN3O3S. The third kappa shape index (κ3) is 3.87. The Morgan fingerprint density at radius 1 is 1.29 bits per heavy atom. The van der Waals surface area contributed by atoms with Crippen LogP contribution in [0.2, 0.25) is 5.02 Å². The largest absolute Gasteiger partial charge is 0.302 e. The lowest BCUT2D eigenvalue weighted by molar-refractivity contribution is -0.384. The number of rotatable bonds is 5. The van der Waals surface area contributed by atoms with Crippen molar-refractivity contribution in [3.05, 3.63) is 63.2 Å². The van der Waals surface area contributed by atoms with E-state index in [9.17, 15) is 14.9 Å². The van der Waals surface area contributed by atoms with E-state index in [4.69, 9.17) is 11.6 Å². The lowest BCUT2D eigenvalue weighted by Crippen LogP contribution is -2.12. The summed E-state index contributed by atoms with van der Waals surface area (Å²) in [7, 11) is 0. The van der Waals surface area contributed by atoms with Crippen molar-refractivity contribution in [3.8, 4) is 0 Å². The van der Waals surface area contributed by atoms with Crippen LogP contribution in [-0.4, -0.2) is 15.8 Å². The van der Waals surface area contributed by atoms with E-state index in [1.165, 1.54) is 23.5 Å². The zero-order chi connectivity index (χ0) is 17.1. The van der Waals surface area contributed by atoms with E-state index in [-0.39, 0.29) is 11.6 Å². The number of carbonyl (C=O) groups excluding carboxylic acids is 1. The van der Waals surface area contributed by atoms with E-state index < -0.39 is 4.92 Å². The van der Waals surface area contributed by atoms with Crippen LogP contribution in [0.25, 0.3) is 10.2 Å². The summed E-state index contributed by atoms with van der Waals surface area (Å²) in [5.74, 6) is -0.163. The van der Waals surface area contributed by atoms with Crippen LogP contribution in [-0.2, 0) is 11.2 Å². The van der Waals surface area contributed by atoms with Gasteiger partial charge >= 0.3 is 0 Å². The van der Waals surface area contributed by atoms with Crippen LogP contribution in [0.3, 0.4) is 0 Å². The first-order chi connectivity index (χ1) is 11.5. The number of hydrogen-bond donors (Lipinski definition) is 1. The van der Waals surface area contributed by atoms with Gasteiger partial charge < -0.3 is 5.32 Å². The number of carbonyl (C=O) groups is 1. The summed E-state index contributed by atoms with van der Waals surface area (Å²) in [6.45, 7) is 0. The Balaban J connectivity index is 1.65. The van der Waals surface area contributed by atoms with Gasteiger partial charge in [-0.05, 0) is 30.2 Å². The van der Waals surface area contributed by atoms with Crippen molar-refractivity contribution >= 4 is 49.9 Å². The average Bonchev–Trinajstić information content (AvgIpc) is 2.94. The minimum absolute atomic E-state index is 0.00461. The summed E-state index contributed by atoms with van der Waals surface area (Å²) in [4.78, 5) is 26.6. The molecule has 3 rings (SSSR count). The van der Waals surface area contributed by atoms with E-state index in [0.717, 1.165) is 5.56 Å². The van der Waals surface area contributed by atoms with Crippen LogP contribution in [0.15, 0.2) is 42.5 Å². The Morgan fingerprint density at radius 3 is 2.88 bits per heavy atom. The SMILES string of the molecule is O=C(CCc1cccc(Cl)c1)Nc1nc2ccc([N+](=O)[O-])cc2s1. The summed E-state index contributed by atoms with van der Waals surface area (Å²) in [5, 5.41) is 14.6. The summed E-state index contributed by atoms with van der Waals surface area (Å²) in [5.41, 5.74) is 1.61. The topological polar surface area (TPSA) is 85.1 Å². The van der Waals surface area contributed by atoms with Crippen molar-refractivity contribution < 1.29 is 9.72 Å². The van der Waals surface area contributed by atoms with Gasteiger partial charge in [0.25, 0.3) is 5.69 Å². The van der Waals surface area contributed by atoms with Crippen molar-refractivity contribution in [2.45, 2.75) is 12.8 Å². The minimum atomic E-state index is -0.456. The van der Waals surface area contributed by atoms with Crippen molar-refractivity contribution in [1.29, 1.82) is 0 Å². The molecule has 0 saturated carbocycles. The molecule has 0 atom stereocenters. The first-order valence-corrected chi connectivity index (χ1v) is 8.30. The van der Waals surface area contributed by atoms with Gasteiger partial charge in [-0.1, -0.05) is 35.1 Å². The number of amides is 1. The number of halogens is 1. The normalized spacial score (nSPS) is 10.7. The molecule has 0 aliphatic heterocycles. The fourth-order valence-electron chi connectivity index (χ4n) is 2.21. The van der Waals surface area contributed by atoms with Crippen molar-refractivity contribution in [2.75, 3.05) is 5.32 Å². The van der Waals surface area contributed by atoms with Gasteiger partial charge in [-0.15, -0.1) is 0 Å². The predicted octanol–water partition coefficient (Wildman–Crippen LogP) is 4.43. The van der Waals surface area contributed by atoms with Crippen LogP contribution in [0.5, 0.6) is 0 Å². The molecule has 1 heterocycles.